The number of carboxylic acid groups (broad SMARTS) is 2. The van der Waals surface area contributed by atoms with E-state index < -0.39 is 37.0 Å². The topological polar surface area (TPSA) is 269 Å². The number of esters is 1. The third-order valence-corrected chi connectivity index (χ3v) is 17.8. The smallest absolute Gasteiger partial charge is 0.497 e. The lowest BCUT2D eigenvalue weighted by Crippen LogP contribution is -2.37. The third kappa shape index (κ3) is 20.4. The second-order valence-corrected chi connectivity index (χ2v) is 24.2. The summed E-state index contributed by atoms with van der Waals surface area (Å²) in [7, 11) is 6.83. The van der Waals surface area contributed by atoms with Crippen molar-refractivity contribution in [1.29, 1.82) is 0 Å². The molecule has 8 aromatic rings. The van der Waals surface area contributed by atoms with Crippen molar-refractivity contribution in [3.8, 4) is 28.7 Å². The van der Waals surface area contributed by atoms with Crippen molar-refractivity contribution in [3.05, 3.63) is 166 Å². The monoisotopic (exact) mass is 1410 g/mol. The fraction of sp³-hybridized carbons (Fsp3) is 0.426. The van der Waals surface area contributed by atoms with Gasteiger partial charge in [-0.15, -0.1) is 59.9 Å². The highest BCUT2D eigenvalue weighted by Gasteiger charge is 2.36. The van der Waals surface area contributed by atoms with E-state index in [0.29, 0.717) is 30.5 Å². The molecular weight excluding hydrogens is 1330 g/mol. The summed E-state index contributed by atoms with van der Waals surface area (Å²) in [5, 5.41) is 48.6. The predicted molar refractivity (Wildman–Crippen MR) is 345 cm³/mol. The Balaban J connectivity index is 0.000000177. The van der Waals surface area contributed by atoms with Crippen LogP contribution in [0.3, 0.4) is 0 Å². The Morgan fingerprint density at radius 2 is 0.870 bits per heavy atom. The Hall–Kier alpha value is -10.3. The molecule has 0 unspecified atom stereocenters. The quantitative estimate of drug-likeness (QED) is 0.0363. The molecule has 32 heteroatoms. The number of nitrogens with one attached hydrogen (secondary N) is 2. The molecule has 23 nitrogen and oxygen atoms in total. The Kier molecular flexibility index (Phi) is 24.4. The van der Waals surface area contributed by atoms with Gasteiger partial charge in [-0.25, -0.2) is 23.7 Å². The van der Waals surface area contributed by atoms with Gasteiger partial charge in [-0.2, -0.15) is 5.21 Å². The maximum absolute atomic E-state index is 12.5. The molecule has 3 aliphatic carbocycles. The maximum atomic E-state index is 12.5. The number of methoxy groups -OCH3 is 2. The molecule has 0 bridgehead atoms. The molecule has 100 heavy (non-hydrogen) atoms. The number of hydrogen-bond acceptors (Lipinski definition) is 18. The summed E-state index contributed by atoms with van der Waals surface area (Å²) >= 11 is 0. The molecule has 0 atom stereocenters. The zero-order valence-electron chi connectivity index (χ0n) is 55.1. The summed E-state index contributed by atoms with van der Waals surface area (Å²) in [6.45, 7) is 2.71. The number of halogens is 9. The van der Waals surface area contributed by atoms with Crippen LogP contribution < -0.4 is 38.8 Å². The van der Waals surface area contributed by atoms with Crippen LogP contribution in [0.25, 0.3) is 0 Å². The standard InChI is InChI=1S/C26H29F3N4O4.C25H27F3N4O4.C17H19F3N4O3/c1-3-36-25(34)23-24(33(32-31-23)16-17-4-12-21(35-2)13-5-17)30-20-10-6-18(7-11-20)19-8-14-22(15-9-19)37-26(27,28)29;1-31(19-9-5-17(6-10-19)18-7-13-21(14-8-18)36-25(26,27)28)23-22(24(33)34)29-30-32(23)15-16-3-11-20(35-2)12-4-16;1-24(15-14(16(25)26)21-23-22-15)12-6-2-10(3-7-12)11-4-8-13(9-5-11)27-17(18,19)20/h4-5,8-9,12-15,18,20,30H,3,6-7,10-11,16H2,1-2H3;3-4,7-8,11-14,17,19H,5-6,9-10,15H2,1-2H3,(H,33,34);4-5,8-10,12H,2-3,6-7H2,1H3,(H,25,26)(H,21,22,23). The Morgan fingerprint density at radius 1 is 0.500 bits per heavy atom. The van der Waals surface area contributed by atoms with Crippen molar-refractivity contribution in [2.45, 2.75) is 152 Å². The fourth-order valence-corrected chi connectivity index (χ4v) is 12.8. The zero-order valence-corrected chi connectivity index (χ0v) is 55.1. The van der Waals surface area contributed by atoms with Gasteiger partial charge in [0.2, 0.25) is 17.1 Å². The third-order valence-electron chi connectivity index (χ3n) is 17.8. The molecule has 0 aliphatic heterocycles. The molecule has 11 rings (SSSR count). The molecular formula is C68H75F9N12O11. The molecule has 3 heterocycles. The van der Waals surface area contributed by atoms with E-state index in [9.17, 15) is 59.0 Å². The van der Waals surface area contributed by atoms with E-state index in [0.717, 1.165) is 116 Å². The number of ether oxygens (including phenoxy) is 6. The molecule has 3 aliphatic rings. The van der Waals surface area contributed by atoms with Crippen LogP contribution in [0.1, 0.15) is 161 Å². The minimum atomic E-state index is -4.71. The van der Waals surface area contributed by atoms with Crippen molar-refractivity contribution in [3.63, 3.8) is 0 Å². The van der Waals surface area contributed by atoms with Gasteiger partial charge in [-0.3, -0.25) is 0 Å². The van der Waals surface area contributed by atoms with Gasteiger partial charge in [0.05, 0.1) is 33.9 Å². The Labute approximate surface area is 568 Å². The lowest BCUT2D eigenvalue weighted by molar-refractivity contribution is -0.275. The highest BCUT2D eigenvalue weighted by atomic mass is 19.4. The molecule has 536 valence electrons. The molecule has 0 radical (unpaired) electrons. The van der Waals surface area contributed by atoms with Gasteiger partial charge in [-0.05, 0) is 190 Å². The van der Waals surface area contributed by atoms with Gasteiger partial charge in [-0.1, -0.05) is 71.1 Å². The van der Waals surface area contributed by atoms with Crippen molar-refractivity contribution in [1.82, 2.24) is 45.4 Å². The van der Waals surface area contributed by atoms with Gasteiger partial charge in [0, 0.05) is 32.2 Å². The van der Waals surface area contributed by atoms with Crippen molar-refractivity contribution in [2.75, 3.05) is 50.0 Å². The number of carbonyl (C=O) groups excluding carboxylic acids is 1. The van der Waals surface area contributed by atoms with Crippen LogP contribution in [-0.2, 0) is 17.8 Å². The maximum Gasteiger partial charge on any atom is 0.573 e. The second-order valence-electron chi connectivity index (χ2n) is 24.2. The van der Waals surface area contributed by atoms with E-state index in [4.69, 9.17) is 19.3 Å². The van der Waals surface area contributed by atoms with E-state index in [1.165, 1.54) is 36.4 Å². The van der Waals surface area contributed by atoms with Gasteiger partial charge in [0.1, 0.15) is 28.7 Å². The lowest BCUT2D eigenvalue weighted by Gasteiger charge is -2.36. The predicted octanol–water partition coefficient (Wildman–Crippen LogP) is 14.2. The van der Waals surface area contributed by atoms with E-state index in [2.05, 4.69) is 55.6 Å². The normalized spacial score (nSPS) is 18.5. The Morgan fingerprint density at radius 3 is 1.26 bits per heavy atom. The molecule has 0 amide bonds. The van der Waals surface area contributed by atoms with E-state index in [1.807, 2.05) is 65.4 Å². The van der Waals surface area contributed by atoms with E-state index in [-0.39, 0.29) is 76.8 Å². The van der Waals surface area contributed by atoms with Crippen LogP contribution in [0, 0.1) is 0 Å². The number of nitrogens with zero attached hydrogens (tertiary/aromatic N) is 10. The molecule has 4 N–H and O–H groups in total. The Bertz CT molecular complexity index is 3920. The first kappa shape index (κ1) is 73.9. The number of alkyl halides is 9. The number of hydrogen-bond donors (Lipinski definition) is 4. The number of benzene rings is 5. The number of aromatic amines is 1. The summed E-state index contributed by atoms with van der Waals surface area (Å²) < 4.78 is 142. The van der Waals surface area contributed by atoms with E-state index >= 15 is 0 Å². The first-order chi connectivity index (χ1) is 47.6. The first-order valence-corrected chi connectivity index (χ1v) is 32.1. The largest absolute Gasteiger partial charge is 0.573 e. The van der Waals surface area contributed by atoms with Gasteiger partial charge in [0.15, 0.2) is 17.5 Å². The SMILES string of the molecule is CCOC(=O)c1nnn(Cc2ccc(OC)cc2)c1NC1CCC(c2ccc(OC(F)(F)F)cc2)CC1.CN(c1n[nH]nc1C(=O)O)C1CCC(c2ccc(OC(F)(F)F)cc2)CC1.COc1ccc(Cn2nnc(C(=O)O)c2N(C)C2CCC(c3ccc(OC(F)(F)F)cc3)CC2)cc1. The zero-order chi connectivity index (χ0) is 71.9. The summed E-state index contributed by atoms with van der Waals surface area (Å²) in [5.74, 6) is -0.129. The number of carbonyl (C=O) groups is 3. The molecule has 0 saturated heterocycles. The van der Waals surface area contributed by atoms with Crippen LogP contribution >= 0.6 is 0 Å². The van der Waals surface area contributed by atoms with Gasteiger partial charge in [0.25, 0.3) is 0 Å². The minimum Gasteiger partial charge on any atom is -0.497 e. The summed E-state index contributed by atoms with van der Waals surface area (Å²) in [6.07, 6.45) is -4.31. The van der Waals surface area contributed by atoms with Crippen molar-refractivity contribution < 1.29 is 92.5 Å². The van der Waals surface area contributed by atoms with Crippen molar-refractivity contribution in [2.24, 2.45) is 0 Å². The summed E-state index contributed by atoms with van der Waals surface area (Å²) in [5.41, 5.74) is 4.72. The number of aromatic carboxylic acids is 2. The fourth-order valence-electron chi connectivity index (χ4n) is 12.8. The van der Waals surface area contributed by atoms with Crippen LogP contribution in [0.15, 0.2) is 121 Å². The molecule has 0 spiro atoms. The average molecular weight is 1410 g/mol. The molecule has 5 aromatic carbocycles. The average Bonchev–Trinajstić information content (AvgIpc) is 1.60. The number of H-pyrrole nitrogens is 1. The van der Waals surface area contributed by atoms with Gasteiger partial charge >= 0.3 is 37.0 Å². The van der Waals surface area contributed by atoms with Gasteiger partial charge < -0.3 is 53.8 Å². The second kappa shape index (κ2) is 33.0. The number of carboxylic acids is 2. The summed E-state index contributed by atoms with van der Waals surface area (Å²) in [6, 6.07) is 33.3. The highest BCUT2D eigenvalue weighted by Crippen LogP contribution is 2.41. The molecule has 3 saturated carbocycles. The van der Waals surface area contributed by atoms with Crippen LogP contribution in [0.2, 0.25) is 0 Å². The van der Waals surface area contributed by atoms with Crippen LogP contribution in [-0.4, -0.2) is 146 Å². The number of rotatable bonds is 22. The first-order valence-electron chi connectivity index (χ1n) is 32.1. The summed E-state index contributed by atoms with van der Waals surface area (Å²) in [4.78, 5) is 39.4. The number of anilines is 3. The molecule has 3 aromatic heterocycles. The van der Waals surface area contributed by atoms with Crippen molar-refractivity contribution >= 4 is 35.4 Å². The minimum absolute atomic E-state index is 0.0697. The lowest BCUT2D eigenvalue weighted by atomic mass is 9.81. The van der Waals surface area contributed by atoms with Crippen LogP contribution in [0.5, 0.6) is 28.7 Å². The van der Waals surface area contributed by atoms with E-state index in [1.54, 1.807) is 74.0 Å². The molecule has 3 fully saturated rings. The van der Waals surface area contributed by atoms with Crippen LogP contribution in [0.4, 0.5) is 57.0 Å². The highest BCUT2D eigenvalue weighted by molar-refractivity contribution is 5.93. The number of aromatic nitrogens is 9.